The van der Waals surface area contributed by atoms with Gasteiger partial charge in [-0.05, 0) is 273 Å². The zero-order valence-electron chi connectivity index (χ0n) is 40.2. The van der Waals surface area contributed by atoms with Gasteiger partial charge in [-0.25, -0.2) is 0 Å². The number of thiophene rings is 4. The molecule has 0 radical (unpaired) electrons. The van der Waals surface area contributed by atoms with E-state index in [1.54, 1.807) is 70.9 Å². The van der Waals surface area contributed by atoms with Crippen LogP contribution in [0.25, 0.3) is 0 Å². The van der Waals surface area contributed by atoms with Gasteiger partial charge < -0.3 is 0 Å². The van der Waals surface area contributed by atoms with Gasteiger partial charge in [0.25, 0.3) is 0 Å². The summed E-state index contributed by atoms with van der Waals surface area (Å²) >= 11 is 8.58. The van der Waals surface area contributed by atoms with Gasteiger partial charge in [-0.2, -0.15) is 0 Å². The van der Waals surface area contributed by atoms with E-state index in [0.29, 0.717) is 0 Å². The van der Waals surface area contributed by atoms with Crippen molar-refractivity contribution in [1.29, 1.82) is 0 Å². The predicted octanol–water partition coefficient (Wildman–Crippen LogP) is 18.9. The summed E-state index contributed by atoms with van der Waals surface area (Å²) in [7, 11) is 0. The van der Waals surface area contributed by atoms with E-state index in [1.807, 2.05) is 0 Å². The first kappa shape index (κ1) is 44.0. The van der Waals surface area contributed by atoms with Crippen LogP contribution in [0, 0.1) is 111 Å². The lowest BCUT2D eigenvalue weighted by Gasteiger charge is -2.66. The third-order valence-corrected chi connectivity index (χ3v) is 25.8. The van der Waals surface area contributed by atoms with Crippen molar-refractivity contribution in [3.63, 3.8) is 0 Å². The van der Waals surface area contributed by atoms with Crippen LogP contribution >= 0.6 is 45.3 Å². The minimum atomic E-state index is 0.764. The van der Waals surface area contributed by atoms with Gasteiger partial charge in [0.1, 0.15) is 0 Å². The molecule has 0 N–H and O–H groups in total. The fraction of sp³-hybridized carbons (Fsp3) is 0.733. The molecule has 0 aliphatic heterocycles. The molecular formula is C60H82S4. The molecule has 8 fully saturated rings. The van der Waals surface area contributed by atoms with Crippen LogP contribution in [0.4, 0.5) is 0 Å². The molecule has 8 aliphatic rings. The molecule has 64 heavy (non-hydrogen) atoms. The number of rotatable bonds is 7. The van der Waals surface area contributed by atoms with Gasteiger partial charge in [0, 0.05) is 39.0 Å². The smallest absolute Gasteiger partial charge is 0.00793 e. The predicted molar refractivity (Wildman–Crippen MR) is 278 cm³/mol. The number of hydrogen-bond acceptors (Lipinski definition) is 4. The molecule has 8 aliphatic carbocycles. The molecule has 8 saturated carbocycles. The Hall–Kier alpha value is -1.20. The minimum absolute atomic E-state index is 0.764. The first-order valence-electron chi connectivity index (χ1n) is 27.6. The van der Waals surface area contributed by atoms with Crippen LogP contribution in [-0.4, -0.2) is 0 Å². The van der Waals surface area contributed by atoms with E-state index in [-0.39, 0.29) is 0 Å². The number of fused-ring (bicyclic) bond motifs is 4. The molecule has 0 aromatic carbocycles. The highest BCUT2D eigenvalue weighted by molar-refractivity contribution is 7.12. The van der Waals surface area contributed by atoms with E-state index < -0.39 is 0 Å². The van der Waals surface area contributed by atoms with Crippen LogP contribution in [0.15, 0.2) is 48.5 Å². The lowest BCUT2D eigenvalue weighted by molar-refractivity contribution is -0.174. The molecule has 4 heteroatoms. The summed E-state index contributed by atoms with van der Waals surface area (Å²) < 4.78 is 0. The van der Waals surface area contributed by atoms with Gasteiger partial charge in [-0.3, -0.25) is 0 Å². The maximum atomic E-state index is 2.56. The lowest BCUT2D eigenvalue weighted by atomic mass is 9.39. The SMILES string of the molecule is Cc1ccc(C2CC(c3ccc(C)s3)CC(C3C4CCCCC4C(C4C5CCCCC5C(C5CC(c6ccc(C)s6)CC(c6ccc(C)s6)C5)C5CCCCC54)C4CCCCC43)C2)s1. The van der Waals surface area contributed by atoms with Gasteiger partial charge in [-0.15, -0.1) is 45.3 Å². The zero-order chi connectivity index (χ0) is 43.1. The Morgan fingerprint density at radius 3 is 0.703 bits per heavy atom. The van der Waals surface area contributed by atoms with Gasteiger partial charge in [-0.1, -0.05) is 51.4 Å². The summed E-state index contributed by atoms with van der Waals surface area (Å²) in [6.07, 6.45) is 33.6. The minimum Gasteiger partial charge on any atom is -0.145 e. The molecule has 4 heterocycles. The van der Waals surface area contributed by atoms with Crippen LogP contribution in [0.1, 0.15) is 204 Å². The third kappa shape index (κ3) is 8.20. The second kappa shape index (κ2) is 18.6. The molecule has 4 aromatic rings. The van der Waals surface area contributed by atoms with E-state index in [0.717, 1.165) is 107 Å². The van der Waals surface area contributed by atoms with Crippen molar-refractivity contribution in [2.75, 3.05) is 0 Å². The van der Waals surface area contributed by atoms with Gasteiger partial charge in [0.2, 0.25) is 0 Å². The summed E-state index contributed by atoms with van der Waals surface area (Å²) in [5, 5.41) is 0. The molecule has 0 nitrogen and oxygen atoms in total. The van der Waals surface area contributed by atoms with Crippen LogP contribution in [0.5, 0.6) is 0 Å². The van der Waals surface area contributed by atoms with Gasteiger partial charge in [0.15, 0.2) is 0 Å². The lowest BCUT2D eigenvalue weighted by Crippen LogP contribution is -2.60. The highest BCUT2D eigenvalue weighted by Crippen LogP contribution is 2.69. The Morgan fingerprint density at radius 2 is 0.500 bits per heavy atom. The standard InChI is InChI=1S/C60H82S4/c1-35-21-25-53(61-35)39-29-40(54-26-22-36(2)62-54)32-43(31-39)57-45-13-5-9-17-49(45)59(50-18-10-6-14-46(50)57)60-51-19-11-7-15-47(51)58(48-16-8-12-20-52(48)60)44-33-41(55-27-23-37(3)63-55)30-42(34-44)56-28-24-38(4)64-56/h21-28,39-52,57-60H,5-20,29-34H2,1-4H3. The van der Waals surface area contributed by atoms with Crippen molar-refractivity contribution in [3.05, 3.63) is 87.5 Å². The topological polar surface area (TPSA) is 0 Å². The maximum absolute atomic E-state index is 2.56. The normalized spacial score (nSPS) is 42.6. The summed E-state index contributed by atoms with van der Waals surface area (Å²) in [6, 6.07) is 20.0. The summed E-state index contributed by atoms with van der Waals surface area (Å²) in [4.78, 5) is 13.0. The Kier molecular flexibility index (Phi) is 12.8. The van der Waals surface area contributed by atoms with Crippen molar-refractivity contribution >= 4 is 45.3 Å². The molecule has 0 amide bonds. The van der Waals surface area contributed by atoms with E-state index in [4.69, 9.17) is 0 Å². The van der Waals surface area contributed by atoms with Gasteiger partial charge in [0.05, 0.1) is 0 Å². The molecule has 12 atom stereocenters. The van der Waals surface area contributed by atoms with E-state index >= 15 is 0 Å². The Morgan fingerprint density at radius 1 is 0.281 bits per heavy atom. The van der Waals surface area contributed by atoms with Crippen molar-refractivity contribution in [2.24, 2.45) is 82.9 Å². The van der Waals surface area contributed by atoms with Gasteiger partial charge >= 0.3 is 0 Å². The average Bonchev–Trinajstić information content (AvgIpc) is 4.16. The van der Waals surface area contributed by atoms with E-state index in [2.05, 4.69) is 122 Å². The fourth-order valence-corrected chi connectivity index (χ4v) is 23.4. The van der Waals surface area contributed by atoms with Crippen molar-refractivity contribution in [3.8, 4) is 0 Å². The third-order valence-electron chi connectivity index (χ3n) is 21.1. The van der Waals surface area contributed by atoms with E-state index in [1.165, 1.54) is 109 Å². The number of hydrogen-bond donors (Lipinski definition) is 0. The second-order valence-corrected chi connectivity index (χ2v) is 29.6. The highest BCUT2D eigenvalue weighted by atomic mass is 32.1. The highest BCUT2D eigenvalue weighted by Gasteiger charge is 2.62. The molecule has 4 aromatic heterocycles. The Labute approximate surface area is 405 Å². The molecule has 12 rings (SSSR count). The van der Waals surface area contributed by atoms with Crippen LogP contribution in [0.2, 0.25) is 0 Å². The molecule has 0 spiro atoms. The van der Waals surface area contributed by atoms with E-state index in [9.17, 15) is 0 Å². The summed E-state index contributed by atoms with van der Waals surface area (Å²) in [5.74, 6) is 17.0. The molecule has 346 valence electrons. The first-order valence-corrected chi connectivity index (χ1v) is 30.9. The molecular weight excluding hydrogens is 849 g/mol. The zero-order valence-corrected chi connectivity index (χ0v) is 43.5. The quantitative estimate of drug-likeness (QED) is 0.173. The van der Waals surface area contributed by atoms with Crippen molar-refractivity contribution in [2.45, 2.75) is 193 Å². The average molecular weight is 932 g/mol. The second-order valence-electron chi connectivity index (χ2n) is 24.3. The maximum Gasteiger partial charge on any atom is 0.00793 e. The first-order chi connectivity index (χ1) is 31.3. The largest absolute Gasteiger partial charge is 0.145 e. The molecule has 0 saturated heterocycles. The number of aryl methyl sites for hydroxylation is 4. The monoisotopic (exact) mass is 931 g/mol. The fourth-order valence-electron chi connectivity index (χ4n) is 19.4. The van der Waals surface area contributed by atoms with Crippen molar-refractivity contribution in [1.82, 2.24) is 0 Å². The molecule has 12 unspecified atom stereocenters. The molecule has 0 bridgehead atoms. The summed E-state index contributed by atoms with van der Waals surface area (Å²) in [6.45, 7) is 9.43. The Balaban J connectivity index is 0.898. The van der Waals surface area contributed by atoms with Crippen LogP contribution < -0.4 is 0 Å². The van der Waals surface area contributed by atoms with Crippen LogP contribution in [-0.2, 0) is 0 Å². The van der Waals surface area contributed by atoms with Crippen LogP contribution in [0.3, 0.4) is 0 Å². The summed E-state index contributed by atoms with van der Waals surface area (Å²) in [5.41, 5.74) is 0. The Bertz CT molecular complexity index is 1880. The van der Waals surface area contributed by atoms with Crippen molar-refractivity contribution < 1.29 is 0 Å².